The van der Waals surface area contributed by atoms with E-state index in [1.807, 2.05) is 4.90 Å². The number of methoxy groups -OCH3 is 1. The van der Waals surface area contributed by atoms with E-state index in [1.165, 1.54) is 0 Å². The minimum Gasteiger partial charge on any atom is -0.478 e. The minimum atomic E-state index is -0.0180. The van der Waals surface area contributed by atoms with Crippen molar-refractivity contribution in [3.05, 3.63) is 29.3 Å². The molecule has 1 fully saturated rings. The maximum Gasteiger partial charge on any atom is 0.273 e. The van der Waals surface area contributed by atoms with Crippen LogP contribution in [0.4, 0.5) is 11.8 Å². The molecule has 0 radical (unpaired) electrons. The van der Waals surface area contributed by atoms with Gasteiger partial charge in [0.15, 0.2) is 5.82 Å². The molecule has 4 heterocycles. The highest BCUT2D eigenvalue weighted by Crippen LogP contribution is 2.30. The molecule has 0 saturated carbocycles. The molecule has 0 bridgehead atoms. The Kier molecular flexibility index (Phi) is 4.74. The SMILES string of the molecule is CNc1nc2c(c(C(=O)N3CCCC3)n1)CN(c1nccnc1OC)CC2. The second-order valence-electron chi connectivity index (χ2n) is 6.63. The molecule has 0 atom stereocenters. The van der Waals surface area contributed by atoms with Crippen molar-refractivity contribution in [1.82, 2.24) is 24.8 Å². The molecule has 1 amide bonds. The lowest BCUT2D eigenvalue weighted by Gasteiger charge is -2.31. The number of amides is 1. The standard InChI is InChI=1S/C18H23N7O2/c1-19-18-22-13-5-10-25(15-16(27-2)21-7-6-20-15)11-12(13)14(23-18)17(26)24-8-3-4-9-24/h6-7H,3-5,8-11H2,1-2H3,(H,19,22,23). The predicted octanol–water partition coefficient (Wildman–Crippen LogP) is 1.12. The van der Waals surface area contributed by atoms with E-state index in [1.54, 1.807) is 26.6 Å². The Bertz CT molecular complexity index is 852. The van der Waals surface area contributed by atoms with Crippen molar-refractivity contribution in [2.45, 2.75) is 25.8 Å². The second-order valence-corrected chi connectivity index (χ2v) is 6.63. The number of carbonyl (C=O) groups is 1. The third kappa shape index (κ3) is 3.24. The van der Waals surface area contributed by atoms with E-state index in [0.29, 0.717) is 36.3 Å². The van der Waals surface area contributed by atoms with Gasteiger partial charge in [0.2, 0.25) is 5.95 Å². The molecule has 0 spiro atoms. The maximum absolute atomic E-state index is 13.1. The lowest BCUT2D eigenvalue weighted by Crippen LogP contribution is -2.36. The van der Waals surface area contributed by atoms with Crippen molar-refractivity contribution < 1.29 is 9.53 Å². The van der Waals surface area contributed by atoms with Crippen LogP contribution in [-0.2, 0) is 13.0 Å². The van der Waals surface area contributed by atoms with Crippen molar-refractivity contribution in [3.63, 3.8) is 0 Å². The summed E-state index contributed by atoms with van der Waals surface area (Å²) >= 11 is 0. The lowest BCUT2D eigenvalue weighted by molar-refractivity contribution is 0.0785. The number of hydrogen-bond donors (Lipinski definition) is 1. The first kappa shape index (κ1) is 17.4. The van der Waals surface area contributed by atoms with Crippen LogP contribution in [0.5, 0.6) is 5.88 Å². The Morgan fingerprint density at radius 1 is 1.15 bits per heavy atom. The molecular weight excluding hydrogens is 346 g/mol. The number of ether oxygens (including phenoxy) is 1. The summed E-state index contributed by atoms with van der Waals surface area (Å²) in [6.07, 6.45) is 6.03. The summed E-state index contributed by atoms with van der Waals surface area (Å²) in [7, 11) is 3.35. The highest BCUT2D eigenvalue weighted by molar-refractivity contribution is 5.94. The van der Waals surface area contributed by atoms with Crippen molar-refractivity contribution >= 4 is 17.7 Å². The molecule has 142 valence electrons. The van der Waals surface area contributed by atoms with Crippen LogP contribution in [0, 0.1) is 0 Å². The van der Waals surface area contributed by atoms with Gasteiger partial charge in [-0.3, -0.25) is 4.79 Å². The monoisotopic (exact) mass is 369 g/mol. The van der Waals surface area contributed by atoms with Crippen LogP contribution < -0.4 is 15.0 Å². The number of nitrogens with zero attached hydrogens (tertiary/aromatic N) is 6. The van der Waals surface area contributed by atoms with Gasteiger partial charge in [-0.05, 0) is 12.8 Å². The van der Waals surface area contributed by atoms with Crippen molar-refractivity contribution in [2.75, 3.05) is 44.0 Å². The molecule has 2 aromatic rings. The molecular formula is C18H23N7O2. The van der Waals surface area contributed by atoms with Gasteiger partial charge in [-0.1, -0.05) is 0 Å². The predicted molar refractivity (Wildman–Crippen MR) is 100 cm³/mol. The van der Waals surface area contributed by atoms with Gasteiger partial charge in [0, 0.05) is 57.6 Å². The van der Waals surface area contributed by atoms with Crippen LogP contribution in [0.3, 0.4) is 0 Å². The first-order valence-electron chi connectivity index (χ1n) is 9.18. The smallest absolute Gasteiger partial charge is 0.273 e. The average Bonchev–Trinajstić information content (AvgIpc) is 3.27. The zero-order chi connectivity index (χ0) is 18.8. The molecule has 0 aliphatic carbocycles. The summed E-state index contributed by atoms with van der Waals surface area (Å²) in [4.78, 5) is 34.8. The van der Waals surface area contributed by atoms with E-state index < -0.39 is 0 Å². The van der Waals surface area contributed by atoms with Gasteiger partial charge in [0.25, 0.3) is 11.8 Å². The molecule has 2 aliphatic rings. The lowest BCUT2D eigenvalue weighted by atomic mass is 10.0. The second kappa shape index (κ2) is 7.34. The van der Waals surface area contributed by atoms with Gasteiger partial charge in [0.05, 0.1) is 12.8 Å². The Labute approximate surface area is 157 Å². The molecule has 9 heteroatoms. The third-order valence-electron chi connectivity index (χ3n) is 5.02. The summed E-state index contributed by atoms with van der Waals surface area (Å²) in [6, 6.07) is 0. The normalized spacial score (nSPS) is 16.2. The summed E-state index contributed by atoms with van der Waals surface area (Å²) < 4.78 is 5.35. The molecule has 0 unspecified atom stereocenters. The van der Waals surface area contributed by atoms with Crippen molar-refractivity contribution in [1.29, 1.82) is 0 Å². The zero-order valence-electron chi connectivity index (χ0n) is 15.6. The van der Waals surface area contributed by atoms with E-state index in [4.69, 9.17) is 4.74 Å². The molecule has 0 aromatic carbocycles. The number of nitrogens with one attached hydrogen (secondary N) is 1. The van der Waals surface area contributed by atoms with Gasteiger partial charge in [-0.15, -0.1) is 0 Å². The van der Waals surface area contributed by atoms with Crippen molar-refractivity contribution in [3.8, 4) is 5.88 Å². The average molecular weight is 369 g/mol. The molecule has 4 rings (SSSR count). The Morgan fingerprint density at radius 3 is 2.67 bits per heavy atom. The summed E-state index contributed by atoms with van der Waals surface area (Å²) in [5.74, 6) is 1.61. The van der Waals surface area contributed by atoms with Gasteiger partial charge in [0.1, 0.15) is 5.69 Å². The summed E-state index contributed by atoms with van der Waals surface area (Å²) in [5, 5.41) is 2.98. The van der Waals surface area contributed by atoms with Gasteiger partial charge >= 0.3 is 0 Å². The number of aromatic nitrogens is 4. The van der Waals surface area contributed by atoms with E-state index in [9.17, 15) is 4.79 Å². The molecule has 27 heavy (non-hydrogen) atoms. The molecule has 1 N–H and O–H groups in total. The molecule has 9 nitrogen and oxygen atoms in total. The molecule has 1 saturated heterocycles. The maximum atomic E-state index is 13.1. The number of rotatable bonds is 4. The number of fused-ring (bicyclic) bond motifs is 1. The van der Waals surface area contributed by atoms with Gasteiger partial charge in [-0.25, -0.2) is 19.9 Å². The highest BCUT2D eigenvalue weighted by Gasteiger charge is 2.30. The van der Waals surface area contributed by atoms with Crippen LogP contribution in [0.25, 0.3) is 0 Å². The van der Waals surface area contributed by atoms with E-state index in [2.05, 4.69) is 30.2 Å². The fourth-order valence-corrected chi connectivity index (χ4v) is 3.63. The Morgan fingerprint density at radius 2 is 1.93 bits per heavy atom. The number of likely N-dealkylation sites (tertiary alicyclic amines) is 1. The van der Waals surface area contributed by atoms with Gasteiger partial charge in [-0.2, -0.15) is 0 Å². The fraction of sp³-hybridized carbons (Fsp3) is 0.500. The first-order chi connectivity index (χ1) is 13.2. The highest BCUT2D eigenvalue weighted by atomic mass is 16.5. The van der Waals surface area contributed by atoms with E-state index in [0.717, 1.165) is 43.7 Å². The first-order valence-corrected chi connectivity index (χ1v) is 9.18. The Hall–Kier alpha value is -2.97. The molecule has 2 aromatic heterocycles. The molecule has 2 aliphatic heterocycles. The summed E-state index contributed by atoms with van der Waals surface area (Å²) in [5.41, 5.74) is 2.26. The largest absolute Gasteiger partial charge is 0.478 e. The Balaban J connectivity index is 1.72. The number of hydrogen-bond acceptors (Lipinski definition) is 8. The fourth-order valence-electron chi connectivity index (χ4n) is 3.63. The van der Waals surface area contributed by atoms with E-state index >= 15 is 0 Å². The minimum absolute atomic E-state index is 0.0180. The van der Waals surface area contributed by atoms with Crippen LogP contribution in [0.15, 0.2) is 12.4 Å². The van der Waals surface area contributed by atoms with Crippen LogP contribution in [0.1, 0.15) is 34.6 Å². The quantitative estimate of drug-likeness (QED) is 0.856. The van der Waals surface area contributed by atoms with Crippen LogP contribution in [-0.4, -0.2) is 64.5 Å². The van der Waals surface area contributed by atoms with Crippen molar-refractivity contribution in [2.24, 2.45) is 0 Å². The van der Waals surface area contributed by atoms with Gasteiger partial charge < -0.3 is 19.9 Å². The summed E-state index contributed by atoms with van der Waals surface area (Å²) in [6.45, 7) is 2.80. The van der Waals surface area contributed by atoms with Crippen LogP contribution in [0.2, 0.25) is 0 Å². The number of carbonyl (C=O) groups excluding carboxylic acids is 1. The number of anilines is 2. The van der Waals surface area contributed by atoms with E-state index in [-0.39, 0.29) is 5.91 Å². The zero-order valence-corrected chi connectivity index (χ0v) is 15.6. The van der Waals surface area contributed by atoms with Crippen LogP contribution >= 0.6 is 0 Å². The topological polar surface area (TPSA) is 96.4 Å². The third-order valence-corrected chi connectivity index (χ3v) is 5.02.